The summed E-state index contributed by atoms with van der Waals surface area (Å²) in [6, 6.07) is 16.5. The number of hydrogen-bond donors (Lipinski definition) is 0. The SMILES string of the molecule is CCOC(=O)/C(=C/c1ccc(OCCN(C)C(=O)c2ccccc2)cc1)CC(=O)N1C[C@H]2CCCC[C@H]2C1. The van der Waals surface area contributed by atoms with Crippen molar-refractivity contribution in [3.05, 3.63) is 71.3 Å². The van der Waals surface area contributed by atoms with Crippen LogP contribution < -0.4 is 4.74 Å². The van der Waals surface area contributed by atoms with Crippen molar-refractivity contribution in [2.24, 2.45) is 11.8 Å². The maximum absolute atomic E-state index is 13.1. The fourth-order valence-corrected chi connectivity index (χ4v) is 5.35. The summed E-state index contributed by atoms with van der Waals surface area (Å²) < 4.78 is 11.1. The lowest BCUT2D eigenvalue weighted by atomic mass is 9.82. The average Bonchev–Trinajstić information content (AvgIpc) is 3.38. The van der Waals surface area contributed by atoms with Gasteiger partial charge in [0.15, 0.2) is 0 Å². The first-order valence-corrected chi connectivity index (χ1v) is 13.6. The van der Waals surface area contributed by atoms with Gasteiger partial charge in [0, 0.05) is 31.3 Å². The fourth-order valence-electron chi connectivity index (χ4n) is 5.35. The lowest BCUT2D eigenvalue weighted by Crippen LogP contribution is -2.30. The molecule has 2 aliphatic rings. The molecule has 2 aromatic rings. The summed E-state index contributed by atoms with van der Waals surface area (Å²) in [6.07, 6.45) is 6.66. The van der Waals surface area contributed by atoms with Crippen molar-refractivity contribution in [2.45, 2.75) is 39.0 Å². The standard InChI is InChI=1S/C31H38N2O5/c1-3-37-31(36)27(20-29(34)33-21-25-11-7-8-12-26(25)22-33)19-23-13-15-28(16-14-23)38-18-17-32(2)30(35)24-9-5-4-6-10-24/h4-6,9-10,13-16,19,25-26H,3,7-8,11-12,17-18,20-22H2,1-2H3/b27-19+/t25-,26+. The van der Waals surface area contributed by atoms with Gasteiger partial charge in [0.1, 0.15) is 12.4 Å². The Bertz CT molecular complexity index is 1110. The van der Waals surface area contributed by atoms with Crippen LogP contribution in [0.1, 0.15) is 54.9 Å². The zero-order valence-corrected chi connectivity index (χ0v) is 22.4. The van der Waals surface area contributed by atoms with Crippen LogP contribution in [0.2, 0.25) is 0 Å². The predicted octanol–water partition coefficient (Wildman–Crippen LogP) is 4.82. The molecular formula is C31H38N2O5. The number of likely N-dealkylation sites (tertiary alicyclic amines) is 1. The van der Waals surface area contributed by atoms with Crippen LogP contribution in [-0.2, 0) is 14.3 Å². The summed E-state index contributed by atoms with van der Waals surface area (Å²) in [6.45, 7) is 4.43. The van der Waals surface area contributed by atoms with Gasteiger partial charge in [-0.25, -0.2) is 4.79 Å². The molecule has 1 saturated carbocycles. The summed E-state index contributed by atoms with van der Waals surface area (Å²) in [7, 11) is 1.75. The lowest BCUT2D eigenvalue weighted by Gasteiger charge is -2.22. The Kier molecular flexibility index (Phi) is 9.57. The van der Waals surface area contributed by atoms with Gasteiger partial charge in [0.2, 0.25) is 5.91 Å². The molecule has 2 fully saturated rings. The first kappa shape index (κ1) is 27.4. The molecular weight excluding hydrogens is 480 g/mol. The smallest absolute Gasteiger partial charge is 0.334 e. The molecule has 0 unspecified atom stereocenters. The van der Waals surface area contributed by atoms with E-state index in [0.29, 0.717) is 41.9 Å². The van der Waals surface area contributed by atoms with Gasteiger partial charge in [-0.2, -0.15) is 0 Å². The van der Waals surface area contributed by atoms with Crippen LogP contribution in [0.15, 0.2) is 60.2 Å². The number of esters is 1. The summed E-state index contributed by atoms with van der Waals surface area (Å²) in [5, 5.41) is 0. The highest BCUT2D eigenvalue weighted by atomic mass is 16.5. The molecule has 202 valence electrons. The highest BCUT2D eigenvalue weighted by molar-refractivity contribution is 5.99. The molecule has 1 aliphatic carbocycles. The normalized spacial score (nSPS) is 19.0. The van der Waals surface area contributed by atoms with Crippen molar-refractivity contribution in [3.8, 4) is 5.75 Å². The Morgan fingerprint density at radius 1 is 0.974 bits per heavy atom. The Morgan fingerprint density at radius 2 is 1.63 bits per heavy atom. The van der Waals surface area contributed by atoms with Crippen LogP contribution in [0.25, 0.3) is 6.08 Å². The monoisotopic (exact) mass is 518 g/mol. The van der Waals surface area contributed by atoms with Gasteiger partial charge in [0.25, 0.3) is 5.91 Å². The Morgan fingerprint density at radius 3 is 2.26 bits per heavy atom. The molecule has 0 aromatic heterocycles. The number of carbonyl (C=O) groups excluding carboxylic acids is 3. The number of nitrogens with zero attached hydrogens (tertiary/aromatic N) is 2. The second-order valence-corrected chi connectivity index (χ2v) is 10.2. The molecule has 2 amide bonds. The third-order valence-electron chi connectivity index (χ3n) is 7.49. The number of hydrogen-bond acceptors (Lipinski definition) is 5. The van der Waals surface area contributed by atoms with Crippen molar-refractivity contribution in [2.75, 3.05) is 39.9 Å². The van der Waals surface area contributed by atoms with Crippen LogP contribution >= 0.6 is 0 Å². The van der Waals surface area contributed by atoms with Crippen molar-refractivity contribution >= 4 is 23.9 Å². The number of carbonyl (C=O) groups is 3. The highest BCUT2D eigenvalue weighted by Gasteiger charge is 2.36. The van der Waals surface area contributed by atoms with Crippen LogP contribution in [0.5, 0.6) is 5.75 Å². The van der Waals surface area contributed by atoms with E-state index in [1.165, 1.54) is 25.7 Å². The second-order valence-electron chi connectivity index (χ2n) is 10.2. The number of rotatable bonds is 10. The van der Waals surface area contributed by atoms with E-state index in [0.717, 1.165) is 18.7 Å². The van der Waals surface area contributed by atoms with Crippen molar-refractivity contribution in [1.82, 2.24) is 9.80 Å². The van der Waals surface area contributed by atoms with Gasteiger partial charge in [-0.1, -0.05) is 43.2 Å². The second kappa shape index (κ2) is 13.3. The van der Waals surface area contributed by atoms with Crippen LogP contribution in [0.3, 0.4) is 0 Å². The number of fused-ring (bicyclic) bond motifs is 1. The third-order valence-corrected chi connectivity index (χ3v) is 7.49. The fraction of sp³-hybridized carbons (Fsp3) is 0.452. The summed E-state index contributed by atoms with van der Waals surface area (Å²) >= 11 is 0. The summed E-state index contributed by atoms with van der Waals surface area (Å²) in [4.78, 5) is 41.8. The minimum atomic E-state index is -0.455. The molecule has 7 heteroatoms. The molecule has 0 spiro atoms. The van der Waals surface area contributed by atoms with E-state index in [-0.39, 0.29) is 24.8 Å². The molecule has 7 nitrogen and oxygen atoms in total. The number of benzene rings is 2. The number of likely N-dealkylation sites (N-methyl/N-ethyl adjacent to an activating group) is 1. The minimum Gasteiger partial charge on any atom is -0.492 e. The van der Waals surface area contributed by atoms with E-state index in [2.05, 4.69) is 0 Å². The average molecular weight is 519 g/mol. The van der Waals surface area contributed by atoms with Gasteiger partial charge in [-0.15, -0.1) is 0 Å². The predicted molar refractivity (Wildman–Crippen MR) is 147 cm³/mol. The van der Waals surface area contributed by atoms with Gasteiger partial charge in [-0.05, 0) is 67.5 Å². The topological polar surface area (TPSA) is 76.1 Å². The Hall–Kier alpha value is -3.61. The maximum atomic E-state index is 13.1. The molecule has 1 saturated heterocycles. The first-order valence-electron chi connectivity index (χ1n) is 13.6. The largest absolute Gasteiger partial charge is 0.492 e. The van der Waals surface area contributed by atoms with Gasteiger partial charge in [0.05, 0.1) is 19.6 Å². The van der Waals surface area contributed by atoms with E-state index in [1.54, 1.807) is 37.1 Å². The molecule has 38 heavy (non-hydrogen) atoms. The molecule has 0 radical (unpaired) electrons. The molecule has 2 aromatic carbocycles. The quantitative estimate of drug-likeness (QED) is 0.333. The van der Waals surface area contributed by atoms with E-state index < -0.39 is 5.97 Å². The van der Waals surface area contributed by atoms with Crippen LogP contribution in [0.4, 0.5) is 0 Å². The zero-order chi connectivity index (χ0) is 26.9. The summed E-state index contributed by atoms with van der Waals surface area (Å²) in [5.41, 5.74) is 1.80. The minimum absolute atomic E-state index is 0.00664. The van der Waals surface area contributed by atoms with Gasteiger partial charge < -0.3 is 19.3 Å². The lowest BCUT2D eigenvalue weighted by molar-refractivity contribution is -0.140. The first-order chi connectivity index (χ1) is 18.4. The maximum Gasteiger partial charge on any atom is 0.334 e. The van der Waals surface area contributed by atoms with Gasteiger partial charge in [-0.3, -0.25) is 9.59 Å². The van der Waals surface area contributed by atoms with E-state index >= 15 is 0 Å². The van der Waals surface area contributed by atoms with Crippen LogP contribution in [-0.4, -0.2) is 67.5 Å². The Labute approximate surface area is 225 Å². The zero-order valence-electron chi connectivity index (χ0n) is 22.4. The molecule has 4 rings (SSSR count). The molecule has 0 N–H and O–H groups in total. The molecule has 1 aliphatic heterocycles. The van der Waals surface area contributed by atoms with E-state index in [9.17, 15) is 14.4 Å². The number of amides is 2. The highest BCUT2D eigenvalue weighted by Crippen LogP contribution is 2.36. The molecule has 1 heterocycles. The van der Waals surface area contributed by atoms with Crippen LogP contribution in [0, 0.1) is 11.8 Å². The van der Waals surface area contributed by atoms with Crippen molar-refractivity contribution in [1.29, 1.82) is 0 Å². The molecule has 0 bridgehead atoms. The molecule has 2 atom stereocenters. The van der Waals surface area contributed by atoms with Gasteiger partial charge >= 0.3 is 5.97 Å². The van der Waals surface area contributed by atoms with E-state index in [1.807, 2.05) is 47.4 Å². The van der Waals surface area contributed by atoms with E-state index in [4.69, 9.17) is 9.47 Å². The number of ether oxygens (including phenoxy) is 2. The Balaban J connectivity index is 1.33. The van der Waals surface area contributed by atoms with Crippen molar-refractivity contribution < 1.29 is 23.9 Å². The summed E-state index contributed by atoms with van der Waals surface area (Å²) in [5.74, 6) is 1.36. The third kappa shape index (κ3) is 7.24. The van der Waals surface area contributed by atoms with Crippen molar-refractivity contribution in [3.63, 3.8) is 0 Å².